The molecule has 152 valence electrons. The molecule has 1 aromatic carbocycles. The second-order valence-corrected chi connectivity index (χ2v) is 6.11. The molecule has 1 N–H and O–H groups in total. The molecule has 0 aliphatic rings. The third-order valence-electron chi connectivity index (χ3n) is 4.14. The minimum absolute atomic E-state index is 0.0476. The van der Waals surface area contributed by atoms with Gasteiger partial charge in [-0.25, -0.2) is 23.3 Å². The first kappa shape index (κ1) is 19.4. The number of nitrogens with one attached hydrogen (secondary N) is 1. The molecule has 4 rings (SSSR count). The lowest BCUT2D eigenvalue weighted by atomic mass is 10.0. The molecule has 0 fully saturated rings. The van der Waals surface area contributed by atoms with Gasteiger partial charge in [-0.1, -0.05) is 18.2 Å². The fourth-order valence-corrected chi connectivity index (χ4v) is 2.80. The lowest BCUT2D eigenvalue weighted by molar-refractivity contribution is -0.137. The van der Waals surface area contributed by atoms with Gasteiger partial charge in [0.2, 0.25) is 0 Å². The van der Waals surface area contributed by atoms with E-state index >= 15 is 0 Å². The van der Waals surface area contributed by atoms with E-state index in [-0.39, 0.29) is 22.6 Å². The van der Waals surface area contributed by atoms with E-state index in [1.807, 2.05) is 0 Å². The molecule has 4 aromatic rings. The van der Waals surface area contributed by atoms with Crippen molar-refractivity contribution in [1.82, 2.24) is 19.6 Å². The summed E-state index contributed by atoms with van der Waals surface area (Å²) in [5.41, 5.74) is -1.12. The van der Waals surface area contributed by atoms with Crippen LogP contribution in [0, 0.1) is 11.6 Å². The number of imidazole rings is 1. The van der Waals surface area contributed by atoms with E-state index in [4.69, 9.17) is 0 Å². The standard InChI is InChI=1S/C19H10F5N5O/c20-10-7-13(21)17(26-8-10)27-18(30)15-9-25-16-6-5-14(28-29(15)16)11-3-1-2-4-12(11)19(22,23)24/h1-9H,(H,26,27,30). The maximum atomic E-state index is 13.7. The molecule has 0 unspecified atom stereocenters. The van der Waals surface area contributed by atoms with Crippen LogP contribution in [0.15, 0.2) is 54.9 Å². The van der Waals surface area contributed by atoms with Crippen molar-refractivity contribution in [2.45, 2.75) is 6.18 Å². The zero-order valence-corrected chi connectivity index (χ0v) is 14.8. The predicted molar refractivity (Wildman–Crippen MR) is 95.5 cm³/mol. The Labute approximate surface area is 165 Å². The summed E-state index contributed by atoms with van der Waals surface area (Å²) in [6, 6.07) is 8.14. The van der Waals surface area contributed by atoms with E-state index in [0.29, 0.717) is 6.07 Å². The lowest BCUT2D eigenvalue weighted by Gasteiger charge is -2.12. The molecule has 0 radical (unpaired) electrons. The van der Waals surface area contributed by atoms with Gasteiger partial charge in [-0.2, -0.15) is 18.3 Å². The van der Waals surface area contributed by atoms with Crippen LogP contribution in [0.2, 0.25) is 0 Å². The van der Waals surface area contributed by atoms with Gasteiger partial charge in [-0.05, 0) is 18.2 Å². The van der Waals surface area contributed by atoms with Crippen LogP contribution in [0.5, 0.6) is 0 Å². The van der Waals surface area contributed by atoms with E-state index < -0.39 is 35.1 Å². The van der Waals surface area contributed by atoms with Gasteiger partial charge in [0.25, 0.3) is 5.91 Å². The van der Waals surface area contributed by atoms with E-state index in [0.717, 1.165) is 23.0 Å². The van der Waals surface area contributed by atoms with Crippen molar-refractivity contribution in [2.24, 2.45) is 0 Å². The summed E-state index contributed by atoms with van der Waals surface area (Å²) in [5.74, 6) is -3.41. The van der Waals surface area contributed by atoms with Crippen molar-refractivity contribution < 1.29 is 26.7 Å². The van der Waals surface area contributed by atoms with Crippen molar-refractivity contribution in [1.29, 1.82) is 0 Å². The summed E-state index contributed by atoms with van der Waals surface area (Å²) in [4.78, 5) is 19.9. The average molecular weight is 419 g/mol. The topological polar surface area (TPSA) is 72.2 Å². The highest BCUT2D eigenvalue weighted by molar-refractivity contribution is 6.02. The lowest BCUT2D eigenvalue weighted by Crippen LogP contribution is -2.17. The number of carbonyl (C=O) groups is 1. The Morgan fingerprint density at radius 1 is 1.00 bits per heavy atom. The van der Waals surface area contributed by atoms with Crippen LogP contribution in [-0.2, 0) is 6.18 Å². The minimum atomic E-state index is -4.60. The molecule has 30 heavy (non-hydrogen) atoms. The fraction of sp³-hybridized carbons (Fsp3) is 0.0526. The molecular weight excluding hydrogens is 409 g/mol. The Morgan fingerprint density at radius 3 is 2.50 bits per heavy atom. The third-order valence-corrected chi connectivity index (χ3v) is 4.14. The molecule has 0 bridgehead atoms. The second-order valence-electron chi connectivity index (χ2n) is 6.11. The van der Waals surface area contributed by atoms with E-state index in [9.17, 15) is 26.7 Å². The zero-order valence-electron chi connectivity index (χ0n) is 14.8. The first-order valence-corrected chi connectivity index (χ1v) is 8.38. The maximum absolute atomic E-state index is 13.7. The number of amides is 1. The molecule has 0 aliphatic heterocycles. The summed E-state index contributed by atoms with van der Waals surface area (Å²) >= 11 is 0. The van der Waals surface area contributed by atoms with Crippen molar-refractivity contribution >= 4 is 17.4 Å². The Morgan fingerprint density at radius 2 is 1.77 bits per heavy atom. The number of halogens is 5. The Kier molecular flexibility index (Phi) is 4.65. The second kappa shape index (κ2) is 7.17. The van der Waals surface area contributed by atoms with Crippen molar-refractivity contribution in [3.63, 3.8) is 0 Å². The maximum Gasteiger partial charge on any atom is 0.417 e. The summed E-state index contributed by atoms with van der Waals surface area (Å²) < 4.78 is 67.7. The molecule has 6 nitrogen and oxygen atoms in total. The number of fused-ring (bicyclic) bond motifs is 1. The molecule has 0 saturated carbocycles. The Balaban J connectivity index is 1.75. The summed E-state index contributed by atoms with van der Waals surface area (Å²) in [7, 11) is 0. The number of alkyl halides is 3. The van der Waals surface area contributed by atoms with Gasteiger partial charge < -0.3 is 5.32 Å². The number of hydrogen-bond acceptors (Lipinski definition) is 4. The van der Waals surface area contributed by atoms with E-state index in [1.165, 1.54) is 30.3 Å². The van der Waals surface area contributed by atoms with Gasteiger partial charge in [-0.3, -0.25) is 4.79 Å². The Bertz CT molecular complexity index is 1270. The zero-order chi connectivity index (χ0) is 21.5. The highest BCUT2D eigenvalue weighted by Gasteiger charge is 2.33. The number of aromatic nitrogens is 4. The van der Waals surface area contributed by atoms with Crippen LogP contribution in [0.3, 0.4) is 0 Å². The molecule has 0 aliphatic carbocycles. The molecule has 3 aromatic heterocycles. The predicted octanol–water partition coefficient (Wildman–Crippen LogP) is 4.34. The molecule has 0 spiro atoms. The van der Waals surface area contributed by atoms with Crippen molar-refractivity contribution in [3.05, 3.63) is 77.8 Å². The van der Waals surface area contributed by atoms with Crippen molar-refractivity contribution in [3.8, 4) is 11.3 Å². The summed E-state index contributed by atoms with van der Waals surface area (Å²) in [6.07, 6.45) is -2.76. The van der Waals surface area contributed by atoms with Gasteiger partial charge >= 0.3 is 6.18 Å². The van der Waals surface area contributed by atoms with Crippen LogP contribution in [-0.4, -0.2) is 25.5 Å². The number of carbonyl (C=O) groups excluding carboxylic acids is 1. The fourth-order valence-electron chi connectivity index (χ4n) is 2.80. The smallest absolute Gasteiger partial charge is 0.303 e. The van der Waals surface area contributed by atoms with Crippen LogP contribution < -0.4 is 5.32 Å². The van der Waals surface area contributed by atoms with E-state index in [1.54, 1.807) is 0 Å². The van der Waals surface area contributed by atoms with E-state index in [2.05, 4.69) is 20.4 Å². The largest absolute Gasteiger partial charge is 0.417 e. The average Bonchev–Trinajstić information content (AvgIpc) is 3.13. The first-order valence-electron chi connectivity index (χ1n) is 8.38. The van der Waals surface area contributed by atoms with Gasteiger partial charge in [0, 0.05) is 11.6 Å². The monoisotopic (exact) mass is 419 g/mol. The van der Waals surface area contributed by atoms with Crippen LogP contribution in [0.1, 0.15) is 16.1 Å². The van der Waals surface area contributed by atoms with Crippen LogP contribution in [0.4, 0.5) is 27.8 Å². The molecule has 11 heteroatoms. The number of rotatable bonds is 3. The quantitative estimate of drug-likeness (QED) is 0.502. The highest BCUT2D eigenvalue weighted by Crippen LogP contribution is 2.36. The Hall–Kier alpha value is -3.89. The number of benzene rings is 1. The molecule has 0 saturated heterocycles. The number of anilines is 1. The van der Waals surface area contributed by atoms with Crippen LogP contribution >= 0.6 is 0 Å². The molecule has 3 heterocycles. The number of hydrogen-bond donors (Lipinski definition) is 1. The molecule has 0 atom stereocenters. The van der Waals surface area contributed by atoms with Gasteiger partial charge in [0.1, 0.15) is 5.82 Å². The third kappa shape index (κ3) is 3.56. The minimum Gasteiger partial charge on any atom is -0.303 e. The normalized spacial score (nSPS) is 11.6. The van der Waals surface area contributed by atoms with Gasteiger partial charge in [0.15, 0.2) is 23.0 Å². The highest BCUT2D eigenvalue weighted by atomic mass is 19.4. The molecular formula is C19H10F5N5O. The van der Waals surface area contributed by atoms with Gasteiger partial charge in [-0.15, -0.1) is 0 Å². The first-order chi connectivity index (χ1) is 14.2. The van der Waals surface area contributed by atoms with Crippen molar-refractivity contribution in [2.75, 3.05) is 5.32 Å². The summed E-state index contributed by atoms with van der Waals surface area (Å²) in [5, 5.41) is 6.25. The van der Waals surface area contributed by atoms with Gasteiger partial charge in [0.05, 0.1) is 23.7 Å². The number of pyridine rings is 1. The molecule has 1 amide bonds. The van der Waals surface area contributed by atoms with Crippen LogP contribution in [0.25, 0.3) is 16.9 Å². The number of nitrogens with zero attached hydrogens (tertiary/aromatic N) is 4. The SMILES string of the molecule is O=C(Nc1ncc(F)cc1F)c1cnc2ccc(-c3ccccc3C(F)(F)F)nn12. The summed E-state index contributed by atoms with van der Waals surface area (Å²) in [6.45, 7) is 0.